The van der Waals surface area contributed by atoms with Gasteiger partial charge in [0.25, 0.3) is 11.5 Å². The van der Waals surface area contributed by atoms with Gasteiger partial charge < -0.3 is 15.0 Å². The average molecular weight is 458 g/mol. The SMILES string of the molecule is O=C(Nc1cccn(-c2ccc(F)cc2)c1=O)c1ccc(Oc2ccnc3[nH]ccc23)c(F)c1. The molecule has 5 rings (SSSR count). The van der Waals surface area contributed by atoms with E-state index in [1.807, 2.05) is 0 Å². The Morgan fingerprint density at radius 3 is 2.62 bits per heavy atom. The van der Waals surface area contributed by atoms with E-state index in [9.17, 15) is 18.4 Å². The van der Waals surface area contributed by atoms with Crippen molar-refractivity contribution in [2.75, 3.05) is 5.32 Å². The smallest absolute Gasteiger partial charge is 0.278 e. The molecule has 0 saturated heterocycles. The first-order valence-electron chi connectivity index (χ1n) is 10.2. The van der Waals surface area contributed by atoms with Crippen LogP contribution in [0.3, 0.4) is 0 Å². The summed E-state index contributed by atoms with van der Waals surface area (Å²) in [5.41, 5.74) is 0.508. The number of halogens is 2. The molecule has 0 aliphatic rings. The summed E-state index contributed by atoms with van der Waals surface area (Å²) in [5.74, 6) is -1.50. The number of carbonyl (C=O) groups is 1. The van der Waals surface area contributed by atoms with Gasteiger partial charge in [0, 0.05) is 29.8 Å². The highest BCUT2D eigenvalue weighted by atomic mass is 19.1. The van der Waals surface area contributed by atoms with Gasteiger partial charge in [0.15, 0.2) is 11.6 Å². The van der Waals surface area contributed by atoms with Gasteiger partial charge in [-0.3, -0.25) is 14.2 Å². The third-order valence-electron chi connectivity index (χ3n) is 5.13. The molecular formula is C25H16F2N4O3. The number of ether oxygens (including phenoxy) is 1. The number of anilines is 1. The van der Waals surface area contributed by atoms with Crippen molar-refractivity contribution < 1.29 is 18.3 Å². The van der Waals surface area contributed by atoms with Crippen molar-refractivity contribution in [3.8, 4) is 17.2 Å². The molecule has 0 aliphatic carbocycles. The number of H-pyrrole nitrogens is 1. The van der Waals surface area contributed by atoms with E-state index in [1.54, 1.807) is 24.4 Å². The lowest BCUT2D eigenvalue weighted by Gasteiger charge is -2.11. The Hall–Kier alpha value is -4.79. The predicted octanol–water partition coefficient (Wildman–Crippen LogP) is 5.04. The topological polar surface area (TPSA) is 89.0 Å². The molecule has 3 aromatic heterocycles. The molecule has 0 bridgehead atoms. The lowest BCUT2D eigenvalue weighted by atomic mass is 10.2. The van der Waals surface area contributed by atoms with Crippen LogP contribution < -0.4 is 15.6 Å². The van der Waals surface area contributed by atoms with Crippen molar-refractivity contribution in [1.82, 2.24) is 14.5 Å². The molecular weight excluding hydrogens is 442 g/mol. The van der Waals surface area contributed by atoms with Crippen LogP contribution in [-0.4, -0.2) is 20.4 Å². The van der Waals surface area contributed by atoms with Crippen LogP contribution in [0, 0.1) is 11.6 Å². The molecule has 0 unspecified atom stereocenters. The molecule has 168 valence electrons. The van der Waals surface area contributed by atoms with Crippen LogP contribution in [0.4, 0.5) is 14.5 Å². The number of benzene rings is 2. The summed E-state index contributed by atoms with van der Waals surface area (Å²) in [4.78, 5) is 32.6. The highest BCUT2D eigenvalue weighted by Gasteiger charge is 2.15. The van der Waals surface area contributed by atoms with Gasteiger partial charge in [0.1, 0.15) is 22.9 Å². The molecule has 9 heteroatoms. The zero-order valence-corrected chi connectivity index (χ0v) is 17.5. The molecule has 0 spiro atoms. The van der Waals surface area contributed by atoms with E-state index in [-0.39, 0.29) is 17.0 Å². The van der Waals surface area contributed by atoms with Crippen LogP contribution in [0.15, 0.2) is 90.1 Å². The summed E-state index contributed by atoms with van der Waals surface area (Å²) in [6.07, 6.45) is 4.73. The number of fused-ring (bicyclic) bond motifs is 1. The molecule has 7 nitrogen and oxygen atoms in total. The van der Waals surface area contributed by atoms with Crippen LogP contribution in [0.5, 0.6) is 11.5 Å². The Morgan fingerprint density at radius 1 is 1.00 bits per heavy atom. The standard InChI is InChI=1S/C25H16F2N4O3/c26-16-4-6-17(7-5-16)31-13-1-2-20(25(31)33)30-24(32)15-3-8-22(19(27)14-15)34-21-10-12-29-23-18(21)9-11-28-23/h1-14H,(H,28,29)(H,30,32). The number of aromatic nitrogens is 3. The van der Waals surface area contributed by atoms with Crippen molar-refractivity contribution in [2.45, 2.75) is 0 Å². The maximum Gasteiger partial charge on any atom is 0.278 e. The van der Waals surface area contributed by atoms with E-state index < -0.39 is 23.1 Å². The van der Waals surface area contributed by atoms with Gasteiger partial charge in [-0.05, 0) is 66.7 Å². The van der Waals surface area contributed by atoms with E-state index in [0.717, 1.165) is 6.07 Å². The zero-order chi connectivity index (χ0) is 23.7. The fraction of sp³-hybridized carbons (Fsp3) is 0. The van der Waals surface area contributed by atoms with Gasteiger partial charge in [-0.2, -0.15) is 0 Å². The lowest BCUT2D eigenvalue weighted by molar-refractivity contribution is 0.102. The van der Waals surface area contributed by atoms with Gasteiger partial charge >= 0.3 is 0 Å². The first-order valence-corrected chi connectivity index (χ1v) is 10.2. The number of nitrogens with one attached hydrogen (secondary N) is 2. The van der Waals surface area contributed by atoms with Gasteiger partial charge in [-0.15, -0.1) is 0 Å². The molecule has 34 heavy (non-hydrogen) atoms. The number of aromatic amines is 1. The number of pyridine rings is 2. The number of amides is 1. The molecule has 2 aromatic carbocycles. The quantitative estimate of drug-likeness (QED) is 0.386. The number of carbonyl (C=O) groups excluding carboxylic acids is 1. The summed E-state index contributed by atoms with van der Waals surface area (Å²) >= 11 is 0. The summed E-state index contributed by atoms with van der Waals surface area (Å²) in [6, 6.07) is 15.5. The van der Waals surface area contributed by atoms with E-state index in [2.05, 4.69) is 15.3 Å². The minimum Gasteiger partial charge on any atom is -0.453 e. The van der Waals surface area contributed by atoms with Crippen LogP contribution >= 0.6 is 0 Å². The van der Waals surface area contributed by atoms with Crippen LogP contribution in [-0.2, 0) is 0 Å². The minimum absolute atomic E-state index is 0.00274. The Morgan fingerprint density at radius 2 is 1.82 bits per heavy atom. The number of hydrogen-bond acceptors (Lipinski definition) is 4. The molecule has 0 radical (unpaired) electrons. The normalized spacial score (nSPS) is 10.9. The highest BCUT2D eigenvalue weighted by molar-refractivity contribution is 6.04. The van der Waals surface area contributed by atoms with Crippen molar-refractivity contribution in [3.63, 3.8) is 0 Å². The molecule has 1 amide bonds. The minimum atomic E-state index is -0.745. The largest absolute Gasteiger partial charge is 0.453 e. The summed E-state index contributed by atoms with van der Waals surface area (Å²) in [6.45, 7) is 0. The second kappa shape index (κ2) is 8.62. The van der Waals surface area contributed by atoms with Crippen molar-refractivity contribution in [1.29, 1.82) is 0 Å². The van der Waals surface area contributed by atoms with E-state index >= 15 is 0 Å². The Balaban J connectivity index is 1.37. The second-order valence-corrected chi connectivity index (χ2v) is 7.32. The summed E-state index contributed by atoms with van der Waals surface area (Å²) in [5, 5.41) is 3.18. The average Bonchev–Trinajstić information content (AvgIpc) is 3.32. The van der Waals surface area contributed by atoms with Gasteiger partial charge in [-0.25, -0.2) is 13.8 Å². The first-order chi connectivity index (χ1) is 16.5. The zero-order valence-electron chi connectivity index (χ0n) is 17.5. The Kier molecular flexibility index (Phi) is 5.35. The molecule has 0 saturated carbocycles. The fourth-order valence-electron chi connectivity index (χ4n) is 3.46. The highest BCUT2D eigenvalue weighted by Crippen LogP contribution is 2.30. The van der Waals surface area contributed by atoms with Crippen LogP contribution in [0.2, 0.25) is 0 Å². The number of hydrogen-bond donors (Lipinski definition) is 2. The molecule has 2 N–H and O–H groups in total. The van der Waals surface area contributed by atoms with E-state index in [0.29, 0.717) is 22.5 Å². The first kappa shape index (κ1) is 21.1. The Labute approximate surface area is 191 Å². The van der Waals surface area contributed by atoms with Gasteiger partial charge in [-0.1, -0.05) is 0 Å². The second-order valence-electron chi connectivity index (χ2n) is 7.32. The van der Waals surface area contributed by atoms with E-state index in [1.165, 1.54) is 59.4 Å². The fourth-order valence-corrected chi connectivity index (χ4v) is 3.46. The number of nitrogens with zero attached hydrogens (tertiary/aromatic N) is 2. The van der Waals surface area contributed by atoms with E-state index in [4.69, 9.17) is 4.74 Å². The van der Waals surface area contributed by atoms with Crippen molar-refractivity contribution >= 4 is 22.6 Å². The molecule has 0 fully saturated rings. The number of rotatable bonds is 5. The third kappa shape index (κ3) is 4.02. The van der Waals surface area contributed by atoms with Crippen molar-refractivity contribution in [2.24, 2.45) is 0 Å². The third-order valence-corrected chi connectivity index (χ3v) is 5.13. The summed E-state index contributed by atoms with van der Waals surface area (Å²) in [7, 11) is 0. The van der Waals surface area contributed by atoms with Gasteiger partial charge in [0.2, 0.25) is 0 Å². The maximum atomic E-state index is 14.7. The molecule has 0 aliphatic heterocycles. The predicted molar refractivity (Wildman–Crippen MR) is 123 cm³/mol. The summed E-state index contributed by atoms with van der Waals surface area (Å²) < 4.78 is 34.9. The Bertz CT molecular complexity index is 1580. The van der Waals surface area contributed by atoms with Crippen LogP contribution in [0.1, 0.15) is 10.4 Å². The molecule has 3 heterocycles. The maximum absolute atomic E-state index is 14.7. The monoisotopic (exact) mass is 458 g/mol. The van der Waals surface area contributed by atoms with Crippen LogP contribution in [0.25, 0.3) is 16.7 Å². The lowest BCUT2D eigenvalue weighted by Crippen LogP contribution is -2.24. The molecule has 5 aromatic rings. The van der Waals surface area contributed by atoms with Crippen molar-refractivity contribution in [3.05, 3.63) is 113 Å². The van der Waals surface area contributed by atoms with Gasteiger partial charge in [0.05, 0.1) is 5.39 Å². The molecule has 0 atom stereocenters.